The number of urea groups is 1. The minimum atomic E-state index is -0.119. The van der Waals surface area contributed by atoms with Crippen molar-refractivity contribution in [3.05, 3.63) is 23.9 Å². The van der Waals surface area contributed by atoms with Crippen LogP contribution in [0.3, 0.4) is 0 Å². The summed E-state index contributed by atoms with van der Waals surface area (Å²) in [7, 11) is 0. The van der Waals surface area contributed by atoms with Crippen LogP contribution in [0, 0.1) is 5.92 Å². The van der Waals surface area contributed by atoms with E-state index in [1.807, 2.05) is 11.0 Å². The third-order valence-corrected chi connectivity index (χ3v) is 6.68. The molecular formula is C23H35N5O3. The maximum Gasteiger partial charge on any atom is 0.317 e. The minimum absolute atomic E-state index is 0.0285. The molecule has 2 saturated heterocycles. The molecule has 8 heteroatoms. The van der Waals surface area contributed by atoms with Gasteiger partial charge in [-0.25, -0.2) is 9.78 Å². The quantitative estimate of drug-likeness (QED) is 0.725. The van der Waals surface area contributed by atoms with E-state index in [9.17, 15) is 9.59 Å². The van der Waals surface area contributed by atoms with Gasteiger partial charge in [0, 0.05) is 52.1 Å². The van der Waals surface area contributed by atoms with Gasteiger partial charge in [0.05, 0.1) is 11.7 Å². The Morgan fingerprint density at radius 3 is 2.55 bits per heavy atom. The summed E-state index contributed by atoms with van der Waals surface area (Å²) in [5.74, 6) is 1.20. The number of pyridine rings is 1. The number of anilines is 1. The van der Waals surface area contributed by atoms with Crippen molar-refractivity contribution >= 4 is 17.8 Å². The first-order chi connectivity index (χ1) is 15.2. The van der Waals surface area contributed by atoms with Crippen LogP contribution in [-0.2, 0) is 4.74 Å². The monoisotopic (exact) mass is 429 g/mol. The summed E-state index contributed by atoms with van der Waals surface area (Å²) in [5.41, 5.74) is 0.579. The number of carbonyl (C=O) groups is 2. The second-order valence-corrected chi connectivity index (χ2v) is 8.88. The first-order valence-corrected chi connectivity index (χ1v) is 11.8. The topological polar surface area (TPSA) is 86.8 Å². The molecule has 1 aliphatic carbocycles. The lowest BCUT2D eigenvalue weighted by atomic mass is 9.89. The number of rotatable bonds is 6. The second kappa shape index (κ2) is 10.8. The number of hydrogen-bond acceptors (Lipinski definition) is 5. The summed E-state index contributed by atoms with van der Waals surface area (Å²) >= 11 is 0. The molecule has 1 aromatic rings. The van der Waals surface area contributed by atoms with Crippen LogP contribution in [0.15, 0.2) is 18.3 Å². The van der Waals surface area contributed by atoms with Gasteiger partial charge >= 0.3 is 6.03 Å². The van der Waals surface area contributed by atoms with Crippen LogP contribution < -0.4 is 15.5 Å². The van der Waals surface area contributed by atoms with Crippen LogP contribution in [0.2, 0.25) is 0 Å². The normalized spacial score (nSPS) is 22.4. The van der Waals surface area contributed by atoms with E-state index in [1.54, 1.807) is 12.3 Å². The van der Waals surface area contributed by atoms with E-state index in [2.05, 4.69) is 20.5 Å². The van der Waals surface area contributed by atoms with Crippen LogP contribution in [0.1, 0.15) is 55.3 Å². The van der Waals surface area contributed by atoms with Gasteiger partial charge in [-0.1, -0.05) is 19.3 Å². The maximum absolute atomic E-state index is 12.8. The number of nitrogens with one attached hydrogen (secondary N) is 2. The Bertz CT molecular complexity index is 738. The number of carbonyl (C=O) groups excluding carboxylic acids is 2. The molecule has 8 nitrogen and oxygen atoms in total. The summed E-state index contributed by atoms with van der Waals surface area (Å²) < 4.78 is 5.59. The van der Waals surface area contributed by atoms with E-state index in [0.717, 1.165) is 26.0 Å². The Labute approximate surface area is 184 Å². The van der Waals surface area contributed by atoms with E-state index < -0.39 is 0 Å². The van der Waals surface area contributed by atoms with Crippen molar-refractivity contribution in [3.8, 4) is 0 Å². The number of aromatic nitrogens is 1. The van der Waals surface area contributed by atoms with E-state index in [1.165, 1.54) is 32.1 Å². The zero-order valence-electron chi connectivity index (χ0n) is 18.4. The van der Waals surface area contributed by atoms with Gasteiger partial charge in [-0.05, 0) is 43.7 Å². The molecule has 0 aromatic carbocycles. The first-order valence-electron chi connectivity index (χ1n) is 11.8. The van der Waals surface area contributed by atoms with E-state index in [0.29, 0.717) is 50.0 Å². The highest BCUT2D eigenvalue weighted by atomic mass is 16.5. The number of amides is 3. The third kappa shape index (κ3) is 5.87. The Balaban J connectivity index is 1.27. The number of nitrogens with zero attached hydrogens (tertiary/aromatic N) is 3. The molecule has 2 aliphatic heterocycles. The summed E-state index contributed by atoms with van der Waals surface area (Å²) in [6.45, 7) is 4.68. The van der Waals surface area contributed by atoms with Crippen LogP contribution in [0.4, 0.5) is 10.6 Å². The Hall–Kier alpha value is -2.35. The number of piperazine rings is 1. The molecule has 3 fully saturated rings. The Morgan fingerprint density at radius 1 is 1.00 bits per heavy atom. The van der Waals surface area contributed by atoms with E-state index >= 15 is 0 Å². The summed E-state index contributed by atoms with van der Waals surface area (Å²) in [6.07, 6.45) is 10.2. The smallest absolute Gasteiger partial charge is 0.317 e. The van der Waals surface area contributed by atoms with Gasteiger partial charge in [-0.15, -0.1) is 0 Å². The van der Waals surface area contributed by atoms with Crippen molar-refractivity contribution < 1.29 is 14.3 Å². The lowest BCUT2D eigenvalue weighted by Crippen LogP contribution is -2.53. The third-order valence-electron chi connectivity index (χ3n) is 6.68. The molecule has 0 radical (unpaired) electrons. The zero-order valence-corrected chi connectivity index (χ0v) is 18.4. The minimum Gasteiger partial charge on any atom is -0.376 e. The zero-order chi connectivity index (χ0) is 21.5. The average Bonchev–Trinajstić information content (AvgIpc) is 3.35. The molecule has 1 aromatic heterocycles. The van der Waals surface area contributed by atoms with Crippen molar-refractivity contribution in [3.63, 3.8) is 0 Å². The standard InChI is InChI=1S/C23H35N5O3/c29-22(25-17-19-8-5-15-31-19)20-9-4-10-24-21(20)27-11-13-28(14-12-27)23(30)26-16-18-6-2-1-3-7-18/h4,9-10,18-19H,1-3,5-8,11-17H2,(H,25,29)(H,26,30)/t19-/m1/s1. The molecular weight excluding hydrogens is 394 g/mol. The van der Waals surface area contributed by atoms with Crippen LogP contribution in [-0.4, -0.2) is 73.8 Å². The SMILES string of the molecule is O=C(NC[C@H]1CCCO1)c1cccnc1N1CCN(C(=O)NCC2CCCCC2)CC1. The fourth-order valence-corrected chi connectivity index (χ4v) is 4.79. The van der Waals surface area contributed by atoms with Crippen molar-refractivity contribution in [1.29, 1.82) is 0 Å². The molecule has 3 aliphatic rings. The molecule has 1 saturated carbocycles. The molecule has 31 heavy (non-hydrogen) atoms. The van der Waals surface area contributed by atoms with Crippen LogP contribution in [0.5, 0.6) is 0 Å². The van der Waals surface area contributed by atoms with Gasteiger partial charge < -0.3 is 25.2 Å². The van der Waals surface area contributed by atoms with Gasteiger partial charge in [-0.3, -0.25) is 4.79 Å². The van der Waals surface area contributed by atoms with Crippen molar-refractivity contribution in [2.75, 3.05) is 50.8 Å². The van der Waals surface area contributed by atoms with Gasteiger partial charge in [0.25, 0.3) is 5.91 Å². The lowest BCUT2D eigenvalue weighted by molar-refractivity contribution is 0.0857. The summed E-state index contributed by atoms with van der Waals surface area (Å²) in [4.78, 5) is 33.8. The first kappa shape index (κ1) is 21.9. The van der Waals surface area contributed by atoms with Crippen molar-refractivity contribution in [2.45, 2.75) is 51.0 Å². The lowest BCUT2D eigenvalue weighted by Gasteiger charge is -2.36. The molecule has 170 valence electrons. The molecule has 3 amide bonds. The molecule has 0 bridgehead atoms. The highest BCUT2D eigenvalue weighted by Gasteiger charge is 2.26. The molecule has 1 atom stereocenters. The van der Waals surface area contributed by atoms with E-state index in [-0.39, 0.29) is 18.0 Å². The highest BCUT2D eigenvalue weighted by molar-refractivity contribution is 5.99. The van der Waals surface area contributed by atoms with Gasteiger partial charge in [-0.2, -0.15) is 0 Å². The van der Waals surface area contributed by atoms with Gasteiger partial charge in [0.1, 0.15) is 5.82 Å². The summed E-state index contributed by atoms with van der Waals surface area (Å²) in [6, 6.07) is 3.64. The maximum atomic E-state index is 12.8. The molecule has 3 heterocycles. The molecule has 0 unspecified atom stereocenters. The predicted octanol–water partition coefficient (Wildman–Crippen LogP) is 2.40. The highest BCUT2D eigenvalue weighted by Crippen LogP contribution is 2.23. The fraction of sp³-hybridized carbons (Fsp3) is 0.696. The number of hydrogen-bond donors (Lipinski definition) is 2. The van der Waals surface area contributed by atoms with E-state index in [4.69, 9.17) is 4.74 Å². The van der Waals surface area contributed by atoms with Crippen LogP contribution in [0.25, 0.3) is 0 Å². The average molecular weight is 430 g/mol. The van der Waals surface area contributed by atoms with Gasteiger partial charge in [0.15, 0.2) is 0 Å². The van der Waals surface area contributed by atoms with Crippen LogP contribution >= 0.6 is 0 Å². The largest absolute Gasteiger partial charge is 0.376 e. The number of ether oxygens (including phenoxy) is 1. The molecule has 2 N–H and O–H groups in total. The van der Waals surface area contributed by atoms with Gasteiger partial charge in [0.2, 0.25) is 0 Å². The Kier molecular flexibility index (Phi) is 7.61. The molecule has 4 rings (SSSR count). The second-order valence-electron chi connectivity index (χ2n) is 8.88. The predicted molar refractivity (Wildman–Crippen MR) is 119 cm³/mol. The fourth-order valence-electron chi connectivity index (χ4n) is 4.79. The molecule has 0 spiro atoms. The van der Waals surface area contributed by atoms with Crippen molar-refractivity contribution in [1.82, 2.24) is 20.5 Å². The Morgan fingerprint density at radius 2 is 1.81 bits per heavy atom. The van der Waals surface area contributed by atoms with Crippen molar-refractivity contribution in [2.24, 2.45) is 5.92 Å². The summed E-state index contributed by atoms with van der Waals surface area (Å²) in [5, 5.41) is 6.12.